The molecule has 2 amide bonds. The molecule has 0 saturated heterocycles. The Bertz CT molecular complexity index is 650. The van der Waals surface area contributed by atoms with Crippen LogP contribution >= 0.6 is 0 Å². The molecule has 0 spiro atoms. The van der Waals surface area contributed by atoms with E-state index in [0.717, 1.165) is 11.4 Å². The fourth-order valence-corrected chi connectivity index (χ4v) is 2.16. The molecule has 120 valence electrons. The van der Waals surface area contributed by atoms with Crippen LogP contribution in [-0.4, -0.2) is 29.8 Å². The molecule has 0 saturated carbocycles. The number of likely N-dealkylation sites (N-methyl/N-ethyl adjacent to an activating group) is 1. The third-order valence-corrected chi connectivity index (χ3v) is 3.45. The molecule has 23 heavy (non-hydrogen) atoms. The van der Waals surface area contributed by atoms with Crippen LogP contribution in [-0.2, 0) is 9.59 Å². The molecule has 0 radical (unpaired) electrons. The average molecular weight is 311 g/mol. The van der Waals surface area contributed by atoms with Gasteiger partial charge in [-0.2, -0.15) is 0 Å². The summed E-state index contributed by atoms with van der Waals surface area (Å²) in [6, 6.07) is 17.0. The Morgan fingerprint density at radius 1 is 0.826 bits per heavy atom. The summed E-state index contributed by atoms with van der Waals surface area (Å²) in [6.07, 6.45) is 0. The third-order valence-electron chi connectivity index (χ3n) is 3.45. The zero-order valence-electron chi connectivity index (χ0n) is 13.4. The Balaban J connectivity index is 1.97. The molecule has 0 bridgehead atoms. The molecule has 0 atom stereocenters. The van der Waals surface area contributed by atoms with Gasteiger partial charge in [-0.1, -0.05) is 18.2 Å². The SMILES string of the molecule is CCN(CC)C(=O)C(=O)Nc1ccc(Nc2ccccc2)cc1. The highest BCUT2D eigenvalue weighted by Gasteiger charge is 2.19. The molecule has 0 fully saturated rings. The first-order valence-electron chi connectivity index (χ1n) is 7.66. The normalized spacial score (nSPS) is 10.0. The van der Waals surface area contributed by atoms with Crippen LogP contribution in [0.1, 0.15) is 13.8 Å². The van der Waals surface area contributed by atoms with E-state index in [0.29, 0.717) is 18.8 Å². The smallest absolute Gasteiger partial charge is 0.313 e. The van der Waals surface area contributed by atoms with E-state index in [2.05, 4.69) is 10.6 Å². The predicted molar refractivity (Wildman–Crippen MR) is 92.7 cm³/mol. The van der Waals surface area contributed by atoms with E-state index in [1.807, 2.05) is 56.3 Å². The van der Waals surface area contributed by atoms with Gasteiger partial charge in [-0.25, -0.2) is 0 Å². The van der Waals surface area contributed by atoms with E-state index in [1.165, 1.54) is 4.90 Å². The first-order chi connectivity index (χ1) is 11.1. The standard InChI is InChI=1S/C18H21N3O2/c1-3-21(4-2)18(23)17(22)20-16-12-10-15(11-13-16)19-14-8-6-5-7-9-14/h5-13,19H,3-4H2,1-2H3,(H,20,22). The second-order valence-corrected chi connectivity index (χ2v) is 5.00. The van der Waals surface area contributed by atoms with E-state index in [1.54, 1.807) is 12.1 Å². The van der Waals surface area contributed by atoms with Crippen molar-refractivity contribution in [2.75, 3.05) is 23.7 Å². The zero-order valence-corrected chi connectivity index (χ0v) is 13.4. The molecule has 2 aromatic carbocycles. The fourth-order valence-electron chi connectivity index (χ4n) is 2.16. The van der Waals surface area contributed by atoms with E-state index >= 15 is 0 Å². The van der Waals surface area contributed by atoms with Crippen molar-refractivity contribution >= 4 is 28.9 Å². The van der Waals surface area contributed by atoms with Crippen LogP contribution in [0.15, 0.2) is 54.6 Å². The van der Waals surface area contributed by atoms with E-state index in [4.69, 9.17) is 0 Å². The Morgan fingerprint density at radius 2 is 1.35 bits per heavy atom. The van der Waals surface area contributed by atoms with Crippen molar-refractivity contribution in [1.29, 1.82) is 0 Å². The highest BCUT2D eigenvalue weighted by molar-refractivity contribution is 6.39. The minimum Gasteiger partial charge on any atom is -0.356 e. The minimum absolute atomic E-state index is 0.513. The third kappa shape index (κ3) is 4.57. The van der Waals surface area contributed by atoms with Crippen molar-refractivity contribution < 1.29 is 9.59 Å². The lowest BCUT2D eigenvalue weighted by molar-refractivity contribution is -0.142. The highest BCUT2D eigenvalue weighted by atomic mass is 16.2. The lowest BCUT2D eigenvalue weighted by Gasteiger charge is -2.17. The number of hydrogen-bond acceptors (Lipinski definition) is 3. The quantitative estimate of drug-likeness (QED) is 0.833. The molecule has 2 aromatic rings. The number of carbonyl (C=O) groups is 2. The molecular weight excluding hydrogens is 290 g/mol. The summed E-state index contributed by atoms with van der Waals surface area (Å²) in [4.78, 5) is 25.3. The van der Waals surface area contributed by atoms with Gasteiger partial charge in [0.2, 0.25) is 0 Å². The fraction of sp³-hybridized carbons (Fsp3) is 0.222. The number of amides is 2. The van der Waals surface area contributed by atoms with Gasteiger partial charge < -0.3 is 15.5 Å². The number of rotatable bonds is 5. The molecule has 0 heterocycles. The summed E-state index contributed by atoms with van der Waals surface area (Å²) < 4.78 is 0. The Labute approximate surface area is 136 Å². The molecule has 0 aliphatic carbocycles. The molecule has 5 heteroatoms. The van der Waals surface area contributed by atoms with Gasteiger partial charge in [0.15, 0.2) is 0 Å². The topological polar surface area (TPSA) is 61.4 Å². The van der Waals surface area contributed by atoms with Gasteiger partial charge in [0.05, 0.1) is 0 Å². The summed E-state index contributed by atoms with van der Waals surface area (Å²) in [5, 5.41) is 5.88. The molecule has 0 unspecified atom stereocenters. The van der Waals surface area contributed by atoms with Crippen molar-refractivity contribution in [1.82, 2.24) is 4.90 Å². The van der Waals surface area contributed by atoms with E-state index in [-0.39, 0.29) is 0 Å². The summed E-state index contributed by atoms with van der Waals surface area (Å²) in [7, 11) is 0. The van der Waals surface area contributed by atoms with Crippen LogP contribution in [0.4, 0.5) is 17.1 Å². The van der Waals surface area contributed by atoms with Gasteiger partial charge >= 0.3 is 11.8 Å². The van der Waals surface area contributed by atoms with Crippen LogP contribution in [0.5, 0.6) is 0 Å². The second kappa shape index (κ2) is 7.98. The van der Waals surface area contributed by atoms with Crippen molar-refractivity contribution in [3.63, 3.8) is 0 Å². The molecule has 0 aliphatic heterocycles. The first-order valence-corrected chi connectivity index (χ1v) is 7.66. The lowest BCUT2D eigenvalue weighted by atomic mass is 10.2. The van der Waals surface area contributed by atoms with Gasteiger partial charge in [0.1, 0.15) is 0 Å². The van der Waals surface area contributed by atoms with Crippen molar-refractivity contribution in [3.05, 3.63) is 54.6 Å². The maximum atomic E-state index is 11.9. The Morgan fingerprint density at radius 3 is 1.91 bits per heavy atom. The maximum absolute atomic E-state index is 11.9. The number of benzene rings is 2. The van der Waals surface area contributed by atoms with Crippen LogP contribution in [0.3, 0.4) is 0 Å². The summed E-state index contributed by atoms with van der Waals surface area (Å²) in [5.74, 6) is -1.13. The minimum atomic E-state index is -0.613. The maximum Gasteiger partial charge on any atom is 0.313 e. The number of hydrogen-bond donors (Lipinski definition) is 2. The Kier molecular flexibility index (Phi) is 5.74. The summed E-state index contributed by atoms with van der Waals surface area (Å²) >= 11 is 0. The van der Waals surface area contributed by atoms with E-state index in [9.17, 15) is 9.59 Å². The molecular formula is C18H21N3O2. The Hall–Kier alpha value is -2.82. The number of para-hydroxylation sites is 1. The molecule has 0 aliphatic rings. The van der Waals surface area contributed by atoms with Crippen LogP contribution in [0.25, 0.3) is 0 Å². The number of nitrogens with one attached hydrogen (secondary N) is 2. The number of carbonyl (C=O) groups excluding carboxylic acids is 2. The van der Waals surface area contributed by atoms with Gasteiger partial charge in [0, 0.05) is 30.2 Å². The zero-order chi connectivity index (χ0) is 16.7. The summed E-state index contributed by atoms with van der Waals surface area (Å²) in [6.45, 7) is 4.73. The van der Waals surface area contributed by atoms with Gasteiger partial charge in [-0.3, -0.25) is 9.59 Å². The largest absolute Gasteiger partial charge is 0.356 e. The van der Waals surface area contributed by atoms with Gasteiger partial charge in [-0.05, 0) is 50.2 Å². The summed E-state index contributed by atoms with van der Waals surface area (Å²) in [5.41, 5.74) is 2.49. The molecule has 2 rings (SSSR count). The van der Waals surface area contributed by atoms with Gasteiger partial charge in [0.25, 0.3) is 0 Å². The van der Waals surface area contributed by atoms with Gasteiger partial charge in [-0.15, -0.1) is 0 Å². The van der Waals surface area contributed by atoms with Crippen molar-refractivity contribution in [2.45, 2.75) is 13.8 Å². The number of nitrogens with zero attached hydrogens (tertiary/aromatic N) is 1. The van der Waals surface area contributed by atoms with Crippen LogP contribution in [0.2, 0.25) is 0 Å². The number of anilines is 3. The van der Waals surface area contributed by atoms with Crippen LogP contribution in [0, 0.1) is 0 Å². The molecule has 2 N–H and O–H groups in total. The molecule has 0 aromatic heterocycles. The lowest BCUT2D eigenvalue weighted by Crippen LogP contribution is -2.39. The van der Waals surface area contributed by atoms with E-state index < -0.39 is 11.8 Å². The second-order valence-electron chi connectivity index (χ2n) is 5.00. The van der Waals surface area contributed by atoms with Crippen molar-refractivity contribution in [2.24, 2.45) is 0 Å². The molecule has 5 nitrogen and oxygen atoms in total. The monoisotopic (exact) mass is 311 g/mol. The van der Waals surface area contributed by atoms with Crippen LogP contribution < -0.4 is 10.6 Å². The predicted octanol–water partition coefficient (Wildman–Crippen LogP) is 3.24. The van der Waals surface area contributed by atoms with Crippen molar-refractivity contribution in [3.8, 4) is 0 Å². The average Bonchev–Trinajstić information content (AvgIpc) is 2.58. The first kappa shape index (κ1) is 16.5. The highest BCUT2D eigenvalue weighted by Crippen LogP contribution is 2.18.